The van der Waals surface area contributed by atoms with E-state index < -0.39 is 18.3 Å². The minimum absolute atomic E-state index is 0.304. The molecular weight excluding hydrogens is 342 g/mol. The molecule has 2 rings (SSSR count). The monoisotopic (exact) mass is 375 g/mol. The first-order chi connectivity index (χ1) is 12.0. The van der Waals surface area contributed by atoms with Gasteiger partial charge >= 0.3 is 0 Å². The molecule has 2 aliphatic rings. The van der Waals surface area contributed by atoms with Gasteiger partial charge < -0.3 is 31.3 Å². The van der Waals surface area contributed by atoms with Crippen LogP contribution in [0.3, 0.4) is 0 Å². The fourth-order valence-corrected chi connectivity index (χ4v) is 3.31. The Bertz CT molecular complexity index is 405. The molecule has 6 N–H and O–H groups in total. The summed E-state index contributed by atoms with van der Waals surface area (Å²) in [6.07, 6.45) is 4.95. The van der Waals surface area contributed by atoms with E-state index in [-0.39, 0.29) is 5.91 Å². The lowest BCUT2D eigenvalue weighted by Gasteiger charge is -2.31. The van der Waals surface area contributed by atoms with Crippen LogP contribution in [0.25, 0.3) is 0 Å². The molecule has 0 radical (unpaired) electrons. The number of carbonyl (C=O) groups excluding carboxylic acids is 1. The van der Waals surface area contributed by atoms with Crippen LogP contribution in [0.4, 0.5) is 0 Å². The lowest BCUT2D eigenvalue weighted by atomic mass is 9.87. The second-order valence-electron chi connectivity index (χ2n) is 6.62. The summed E-state index contributed by atoms with van der Waals surface area (Å²) in [7, 11) is 0. The highest BCUT2D eigenvalue weighted by Gasteiger charge is 2.36. The van der Waals surface area contributed by atoms with E-state index in [0.29, 0.717) is 24.7 Å². The molecule has 1 saturated carbocycles. The van der Waals surface area contributed by atoms with Crippen LogP contribution in [0.5, 0.6) is 0 Å². The van der Waals surface area contributed by atoms with Crippen LogP contribution in [0.1, 0.15) is 51.9 Å². The summed E-state index contributed by atoms with van der Waals surface area (Å²) in [6.45, 7) is 3.71. The Labute approximate surface area is 155 Å². The second kappa shape index (κ2) is 12.4. The Hall–Kier alpha value is -0.960. The van der Waals surface area contributed by atoms with Crippen molar-refractivity contribution in [1.82, 2.24) is 10.6 Å². The van der Waals surface area contributed by atoms with Crippen molar-refractivity contribution < 1.29 is 19.7 Å². The molecule has 146 valence electrons. The number of nitrogens with one attached hydrogen (secondary N) is 2. The van der Waals surface area contributed by atoms with Gasteiger partial charge in [0, 0.05) is 13.1 Å². The standard InChI is InChI=1S/C14H25NO4.C3H8N2S/c16-11-7-9-19-13(12(11)17)14(18)15-8-6-10-4-2-1-3-5-10;1-2-5-3(4)6/h10-13,16-17H,1-9H2,(H,15,18);2H2,1H3,(H3,4,5,6)/t11?,12-,13?;/m0./s1. The van der Waals surface area contributed by atoms with Gasteiger partial charge in [0.15, 0.2) is 11.2 Å². The van der Waals surface area contributed by atoms with E-state index in [0.717, 1.165) is 18.9 Å². The van der Waals surface area contributed by atoms with E-state index in [9.17, 15) is 15.0 Å². The van der Waals surface area contributed by atoms with Crippen LogP contribution < -0.4 is 16.4 Å². The smallest absolute Gasteiger partial charge is 0.251 e. The topological polar surface area (TPSA) is 117 Å². The Morgan fingerprint density at radius 1 is 1.20 bits per heavy atom. The van der Waals surface area contributed by atoms with Gasteiger partial charge in [-0.15, -0.1) is 0 Å². The van der Waals surface area contributed by atoms with Crippen LogP contribution in [0, 0.1) is 5.92 Å². The maximum absolute atomic E-state index is 11.9. The zero-order chi connectivity index (χ0) is 18.7. The Morgan fingerprint density at radius 3 is 2.44 bits per heavy atom. The SMILES string of the molecule is CCNC(N)=S.O=C(NCCC1CCCCC1)C1OCCC(O)[C@@H]1O. The molecule has 7 nitrogen and oxygen atoms in total. The predicted octanol–water partition coefficient (Wildman–Crippen LogP) is 0.423. The van der Waals surface area contributed by atoms with Crippen molar-refractivity contribution in [3.63, 3.8) is 0 Å². The molecule has 3 atom stereocenters. The summed E-state index contributed by atoms with van der Waals surface area (Å²) >= 11 is 4.46. The highest BCUT2D eigenvalue weighted by atomic mass is 32.1. The van der Waals surface area contributed by atoms with Gasteiger partial charge in [0.1, 0.15) is 6.10 Å². The zero-order valence-corrected chi connectivity index (χ0v) is 15.9. The van der Waals surface area contributed by atoms with E-state index in [1.54, 1.807) is 0 Å². The van der Waals surface area contributed by atoms with Crippen LogP contribution in [-0.2, 0) is 9.53 Å². The van der Waals surface area contributed by atoms with Crippen molar-refractivity contribution in [1.29, 1.82) is 0 Å². The molecule has 2 fully saturated rings. The molecule has 0 aromatic carbocycles. The number of hydrogen-bond acceptors (Lipinski definition) is 5. The molecule has 8 heteroatoms. The van der Waals surface area contributed by atoms with Gasteiger partial charge in [0.05, 0.1) is 12.7 Å². The van der Waals surface area contributed by atoms with Gasteiger partial charge in [-0.25, -0.2) is 0 Å². The number of amides is 1. The van der Waals surface area contributed by atoms with Crippen molar-refractivity contribution in [3.05, 3.63) is 0 Å². The number of hydrogen-bond donors (Lipinski definition) is 5. The van der Waals surface area contributed by atoms with Crippen molar-refractivity contribution in [2.45, 2.75) is 70.2 Å². The lowest BCUT2D eigenvalue weighted by Crippen LogP contribution is -2.52. The van der Waals surface area contributed by atoms with Crippen LogP contribution >= 0.6 is 12.2 Å². The third-order valence-corrected chi connectivity index (χ3v) is 4.75. The minimum Gasteiger partial charge on any atom is -0.390 e. The second-order valence-corrected chi connectivity index (χ2v) is 7.06. The van der Waals surface area contributed by atoms with Crippen molar-refractivity contribution in [3.8, 4) is 0 Å². The van der Waals surface area contributed by atoms with Gasteiger partial charge in [-0.05, 0) is 37.9 Å². The number of thiocarbonyl (C=S) groups is 1. The Kier molecular flexibility index (Phi) is 11.0. The quantitative estimate of drug-likeness (QED) is 0.442. The molecule has 0 bridgehead atoms. The summed E-state index contributed by atoms with van der Waals surface area (Å²) in [5, 5.41) is 25.1. The van der Waals surface area contributed by atoms with E-state index >= 15 is 0 Å². The molecule has 1 heterocycles. The maximum Gasteiger partial charge on any atom is 0.251 e. The summed E-state index contributed by atoms with van der Waals surface area (Å²) in [6, 6.07) is 0. The largest absolute Gasteiger partial charge is 0.390 e. The number of rotatable bonds is 5. The minimum atomic E-state index is -1.11. The van der Waals surface area contributed by atoms with E-state index in [1.165, 1.54) is 32.1 Å². The highest BCUT2D eigenvalue weighted by molar-refractivity contribution is 7.80. The lowest BCUT2D eigenvalue weighted by molar-refractivity contribution is -0.162. The summed E-state index contributed by atoms with van der Waals surface area (Å²) in [5.74, 6) is 0.416. The fourth-order valence-electron chi connectivity index (χ4n) is 3.17. The average molecular weight is 376 g/mol. The van der Waals surface area contributed by atoms with E-state index in [2.05, 4.69) is 22.9 Å². The van der Waals surface area contributed by atoms with E-state index in [1.807, 2.05) is 6.92 Å². The first-order valence-corrected chi connectivity index (χ1v) is 9.65. The first-order valence-electron chi connectivity index (χ1n) is 9.24. The van der Waals surface area contributed by atoms with Gasteiger partial charge in [-0.3, -0.25) is 4.79 Å². The molecule has 1 amide bonds. The summed E-state index contributed by atoms with van der Waals surface area (Å²) in [4.78, 5) is 11.9. The number of aliphatic hydroxyl groups is 2. The Balaban J connectivity index is 0.000000450. The van der Waals surface area contributed by atoms with Crippen molar-refractivity contribution in [2.24, 2.45) is 11.7 Å². The molecule has 25 heavy (non-hydrogen) atoms. The van der Waals surface area contributed by atoms with E-state index in [4.69, 9.17) is 10.5 Å². The number of ether oxygens (including phenoxy) is 1. The number of nitrogens with two attached hydrogens (primary N) is 1. The third kappa shape index (κ3) is 8.80. The van der Waals surface area contributed by atoms with Crippen molar-refractivity contribution >= 4 is 23.2 Å². The highest BCUT2D eigenvalue weighted by Crippen LogP contribution is 2.25. The molecule has 0 spiro atoms. The molecule has 1 saturated heterocycles. The normalized spacial score (nSPS) is 26.9. The molecule has 2 unspecified atom stereocenters. The Morgan fingerprint density at radius 2 is 1.88 bits per heavy atom. The number of carbonyl (C=O) groups is 1. The van der Waals surface area contributed by atoms with Crippen molar-refractivity contribution in [2.75, 3.05) is 19.7 Å². The first kappa shape index (κ1) is 22.1. The van der Waals surface area contributed by atoms with Crippen LogP contribution in [0.2, 0.25) is 0 Å². The fraction of sp³-hybridized carbons (Fsp3) is 0.882. The van der Waals surface area contributed by atoms with Crippen LogP contribution in [-0.4, -0.2) is 59.2 Å². The molecule has 1 aliphatic heterocycles. The van der Waals surface area contributed by atoms with Gasteiger partial charge in [0.2, 0.25) is 0 Å². The van der Waals surface area contributed by atoms with Gasteiger partial charge in [0.25, 0.3) is 5.91 Å². The maximum atomic E-state index is 11.9. The summed E-state index contributed by atoms with van der Waals surface area (Å²) in [5.41, 5.74) is 5.02. The predicted molar refractivity (Wildman–Crippen MR) is 101 cm³/mol. The van der Waals surface area contributed by atoms with Gasteiger partial charge in [-0.2, -0.15) is 0 Å². The molecule has 1 aliphatic carbocycles. The third-order valence-electron chi connectivity index (χ3n) is 4.60. The summed E-state index contributed by atoms with van der Waals surface area (Å²) < 4.78 is 5.24. The van der Waals surface area contributed by atoms with Crippen LogP contribution in [0.15, 0.2) is 0 Å². The van der Waals surface area contributed by atoms with Gasteiger partial charge in [-0.1, -0.05) is 32.1 Å². The number of aliphatic hydroxyl groups excluding tert-OH is 2. The average Bonchev–Trinajstić information content (AvgIpc) is 2.58. The molecule has 0 aromatic rings. The molecular formula is C17H33N3O4S. The molecule has 0 aromatic heterocycles. The zero-order valence-electron chi connectivity index (χ0n) is 15.1.